The minimum atomic E-state index is -3.91. The Hall–Kier alpha value is -0.890. The lowest BCUT2D eigenvalue weighted by molar-refractivity contribution is 0.198. The summed E-state index contributed by atoms with van der Waals surface area (Å²) >= 11 is 5.62. The van der Waals surface area contributed by atoms with Crippen molar-refractivity contribution in [1.29, 1.82) is 0 Å². The van der Waals surface area contributed by atoms with Crippen LogP contribution >= 0.6 is 11.6 Å². The summed E-state index contributed by atoms with van der Waals surface area (Å²) in [5.41, 5.74) is 4.95. The fourth-order valence-electron chi connectivity index (χ4n) is 1.06. The molecule has 0 saturated carbocycles. The number of benzene rings is 1. The molecule has 1 aromatic rings. The van der Waals surface area contributed by atoms with Gasteiger partial charge < -0.3 is 10.8 Å². The van der Waals surface area contributed by atoms with Gasteiger partial charge in [0.15, 0.2) is 0 Å². The van der Waals surface area contributed by atoms with E-state index in [4.69, 9.17) is 22.4 Å². The Morgan fingerprint density at radius 1 is 1.59 bits per heavy atom. The number of anilines is 1. The summed E-state index contributed by atoms with van der Waals surface area (Å²) in [5.74, 6) is -0.788. The number of nitrogens with two attached hydrogens (primary N) is 1. The number of halogens is 2. The monoisotopic (exact) mass is 282 g/mol. The smallest absolute Gasteiger partial charge is 0.242 e. The van der Waals surface area contributed by atoms with E-state index in [9.17, 15) is 12.8 Å². The number of sulfonamides is 1. The molecule has 0 radical (unpaired) electrons. The molecule has 0 aromatic heterocycles. The van der Waals surface area contributed by atoms with Crippen LogP contribution in [0.1, 0.15) is 6.92 Å². The van der Waals surface area contributed by atoms with Gasteiger partial charge in [0.05, 0.1) is 16.8 Å². The van der Waals surface area contributed by atoms with E-state index >= 15 is 0 Å². The molecule has 0 amide bonds. The SMILES string of the molecule is C[C@@H](O)CNS(=O)(=O)c1cc(N)c(F)cc1Cl. The van der Waals surface area contributed by atoms with Crippen molar-refractivity contribution in [3.8, 4) is 0 Å². The van der Waals surface area contributed by atoms with Crippen molar-refractivity contribution in [2.24, 2.45) is 0 Å². The number of hydrogen-bond donors (Lipinski definition) is 3. The first-order valence-electron chi connectivity index (χ1n) is 4.66. The minimum absolute atomic E-state index is 0.171. The van der Waals surface area contributed by atoms with Gasteiger partial charge in [-0.2, -0.15) is 0 Å². The van der Waals surface area contributed by atoms with Crippen LogP contribution in [0, 0.1) is 5.82 Å². The maximum atomic E-state index is 13.0. The van der Waals surface area contributed by atoms with E-state index in [1.54, 1.807) is 0 Å². The first-order valence-corrected chi connectivity index (χ1v) is 6.52. The molecule has 4 N–H and O–H groups in total. The van der Waals surface area contributed by atoms with Crippen molar-refractivity contribution in [3.05, 3.63) is 23.0 Å². The summed E-state index contributed by atoms with van der Waals surface area (Å²) in [6, 6.07) is 1.76. The van der Waals surface area contributed by atoms with Gasteiger partial charge in [-0.15, -0.1) is 0 Å². The molecular formula is C9H12ClFN2O3S. The molecule has 0 aliphatic heterocycles. The highest BCUT2D eigenvalue weighted by Gasteiger charge is 2.20. The van der Waals surface area contributed by atoms with Crippen LogP contribution in [0.3, 0.4) is 0 Å². The van der Waals surface area contributed by atoms with Gasteiger partial charge in [0.1, 0.15) is 10.7 Å². The highest BCUT2D eigenvalue weighted by Crippen LogP contribution is 2.26. The van der Waals surface area contributed by atoms with Crippen LogP contribution in [-0.4, -0.2) is 26.2 Å². The molecule has 1 atom stereocenters. The van der Waals surface area contributed by atoms with Crippen molar-refractivity contribution >= 4 is 27.3 Å². The lowest BCUT2D eigenvalue weighted by atomic mass is 10.3. The number of nitrogens with one attached hydrogen (secondary N) is 1. The van der Waals surface area contributed by atoms with Crippen molar-refractivity contribution in [2.45, 2.75) is 17.9 Å². The van der Waals surface area contributed by atoms with Crippen molar-refractivity contribution in [2.75, 3.05) is 12.3 Å². The highest BCUT2D eigenvalue weighted by atomic mass is 35.5. The van der Waals surface area contributed by atoms with Crippen LogP contribution in [0.5, 0.6) is 0 Å². The number of aliphatic hydroxyl groups is 1. The summed E-state index contributed by atoms with van der Waals surface area (Å²) in [5, 5.41) is 8.72. The molecule has 0 unspecified atom stereocenters. The summed E-state index contributed by atoms with van der Waals surface area (Å²) in [7, 11) is -3.91. The predicted molar refractivity (Wildman–Crippen MR) is 62.7 cm³/mol. The van der Waals surface area contributed by atoms with Crippen LogP contribution in [-0.2, 0) is 10.0 Å². The van der Waals surface area contributed by atoms with Gasteiger partial charge >= 0.3 is 0 Å². The number of nitrogen functional groups attached to an aromatic ring is 1. The summed E-state index contributed by atoms with van der Waals surface area (Å²) < 4.78 is 38.6. The van der Waals surface area contributed by atoms with Crippen molar-refractivity contribution in [1.82, 2.24) is 4.72 Å². The maximum absolute atomic E-state index is 13.0. The second-order valence-corrected chi connectivity index (χ2v) is 5.65. The average Bonchev–Trinajstić information content (AvgIpc) is 2.20. The van der Waals surface area contributed by atoms with Crippen molar-refractivity contribution in [3.63, 3.8) is 0 Å². The maximum Gasteiger partial charge on any atom is 0.242 e. The van der Waals surface area contributed by atoms with Gasteiger partial charge in [0, 0.05) is 6.54 Å². The molecule has 17 heavy (non-hydrogen) atoms. The van der Waals surface area contributed by atoms with E-state index < -0.39 is 21.9 Å². The average molecular weight is 283 g/mol. The van der Waals surface area contributed by atoms with E-state index in [1.807, 2.05) is 0 Å². The molecule has 1 rings (SSSR count). The van der Waals surface area contributed by atoms with Crippen LogP contribution in [0.4, 0.5) is 10.1 Å². The molecule has 0 bridgehead atoms. The molecule has 0 heterocycles. The quantitative estimate of drug-likeness (QED) is 0.710. The fourth-order valence-corrected chi connectivity index (χ4v) is 2.73. The Balaban J connectivity index is 3.11. The summed E-state index contributed by atoms with van der Waals surface area (Å²) in [4.78, 5) is -0.321. The van der Waals surface area contributed by atoms with Gasteiger partial charge in [0.25, 0.3) is 0 Å². The number of aliphatic hydroxyl groups excluding tert-OH is 1. The van der Waals surface area contributed by atoms with Crippen LogP contribution in [0.25, 0.3) is 0 Å². The lowest BCUT2D eigenvalue weighted by Crippen LogP contribution is -2.30. The summed E-state index contributed by atoms with van der Waals surface area (Å²) in [6.07, 6.45) is -0.846. The molecule has 0 spiro atoms. The summed E-state index contributed by atoms with van der Waals surface area (Å²) in [6.45, 7) is 1.25. The fraction of sp³-hybridized carbons (Fsp3) is 0.333. The van der Waals surface area contributed by atoms with Gasteiger partial charge in [-0.1, -0.05) is 11.6 Å². The molecule has 0 fully saturated rings. The molecule has 0 aliphatic rings. The molecule has 0 aliphatic carbocycles. The zero-order chi connectivity index (χ0) is 13.2. The topological polar surface area (TPSA) is 92.4 Å². The third kappa shape index (κ3) is 3.53. The standard InChI is InChI=1S/C9H12ClFN2O3S/c1-5(14)4-13-17(15,16)9-3-8(12)7(11)2-6(9)10/h2-3,5,13-14H,4,12H2,1H3/t5-/m1/s1. The molecule has 96 valence electrons. The first kappa shape index (κ1) is 14.2. The van der Waals surface area contributed by atoms with Gasteiger partial charge in [-0.25, -0.2) is 17.5 Å². The normalized spacial score (nSPS) is 13.6. The second kappa shape index (κ2) is 5.18. The van der Waals surface area contributed by atoms with E-state index in [0.29, 0.717) is 0 Å². The molecule has 1 aromatic carbocycles. The third-order valence-electron chi connectivity index (χ3n) is 1.91. The zero-order valence-electron chi connectivity index (χ0n) is 8.94. The van der Waals surface area contributed by atoms with E-state index in [1.165, 1.54) is 6.92 Å². The third-order valence-corrected chi connectivity index (χ3v) is 3.80. The van der Waals surface area contributed by atoms with Crippen molar-refractivity contribution < 1.29 is 17.9 Å². The van der Waals surface area contributed by atoms with E-state index in [-0.39, 0.29) is 22.2 Å². The predicted octanol–water partition coefficient (Wildman–Crippen LogP) is 0.720. The van der Waals surface area contributed by atoms with Gasteiger partial charge in [-0.05, 0) is 19.1 Å². The molecular weight excluding hydrogens is 271 g/mol. The minimum Gasteiger partial charge on any atom is -0.396 e. The Labute approximate surface area is 103 Å². The van der Waals surface area contributed by atoms with E-state index in [2.05, 4.69) is 4.72 Å². The van der Waals surface area contributed by atoms with Gasteiger partial charge in [-0.3, -0.25) is 0 Å². The zero-order valence-corrected chi connectivity index (χ0v) is 10.5. The van der Waals surface area contributed by atoms with Crippen LogP contribution in [0.2, 0.25) is 5.02 Å². The lowest BCUT2D eigenvalue weighted by Gasteiger charge is -2.10. The van der Waals surface area contributed by atoms with Gasteiger partial charge in [0.2, 0.25) is 10.0 Å². The Morgan fingerprint density at radius 2 is 2.18 bits per heavy atom. The highest BCUT2D eigenvalue weighted by molar-refractivity contribution is 7.89. The van der Waals surface area contributed by atoms with Crippen LogP contribution in [0.15, 0.2) is 17.0 Å². The molecule has 0 saturated heterocycles. The number of rotatable bonds is 4. The van der Waals surface area contributed by atoms with E-state index in [0.717, 1.165) is 12.1 Å². The Kier molecular flexibility index (Phi) is 4.31. The Bertz CT molecular complexity index is 519. The van der Waals surface area contributed by atoms with Crippen LogP contribution < -0.4 is 10.5 Å². The largest absolute Gasteiger partial charge is 0.396 e. The Morgan fingerprint density at radius 3 is 2.71 bits per heavy atom. The molecule has 5 nitrogen and oxygen atoms in total. The second-order valence-electron chi connectivity index (χ2n) is 3.51. The number of hydrogen-bond acceptors (Lipinski definition) is 4. The molecule has 8 heteroatoms. The first-order chi connectivity index (χ1) is 7.74.